The Morgan fingerprint density at radius 3 is 2.13 bits per heavy atom. The highest BCUT2D eigenvalue weighted by molar-refractivity contribution is 5.90. The summed E-state index contributed by atoms with van der Waals surface area (Å²) in [7, 11) is 0. The van der Waals surface area contributed by atoms with Gasteiger partial charge >= 0.3 is 5.97 Å². The average Bonchev–Trinajstić information content (AvgIpc) is 2.84. The van der Waals surface area contributed by atoms with Crippen LogP contribution in [0.2, 0.25) is 0 Å². The van der Waals surface area contributed by atoms with Crippen molar-refractivity contribution in [2.45, 2.75) is 83.7 Å². The predicted octanol–water partition coefficient (Wildman–Crippen LogP) is 7.49. The standard InChI is InChI=1S/C34H38O4/c1-32(2,3)24-12-10-22(11-13-24)26-19-23(20-27-30(26)34(6,7)17-16-33(27,4)5)28(35)15-9-21-8-14-25(31(37)38)29(36)18-21/h8,10-14,18-20,28,35-36H,16-17H2,1-7H3,(H,37,38). The first-order valence-corrected chi connectivity index (χ1v) is 13.2. The van der Waals surface area contributed by atoms with Gasteiger partial charge in [0.1, 0.15) is 17.4 Å². The minimum atomic E-state index is -1.20. The Kier molecular flexibility index (Phi) is 6.97. The van der Waals surface area contributed by atoms with Crippen LogP contribution in [-0.4, -0.2) is 21.3 Å². The molecule has 1 atom stereocenters. The number of aliphatic hydroxyl groups excluding tert-OH is 1. The van der Waals surface area contributed by atoms with E-state index in [4.69, 9.17) is 5.11 Å². The summed E-state index contributed by atoms with van der Waals surface area (Å²) in [5.74, 6) is 4.24. The average molecular weight is 511 g/mol. The lowest BCUT2D eigenvalue weighted by Gasteiger charge is -2.43. The van der Waals surface area contributed by atoms with Crippen molar-refractivity contribution in [1.82, 2.24) is 0 Å². The lowest BCUT2D eigenvalue weighted by Crippen LogP contribution is -2.34. The maximum atomic E-state index is 11.2. The van der Waals surface area contributed by atoms with Gasteiger partial charge in [0.05, 0.1) is 0 Å². The molecule has 0 heterocycles. The van der Waals surface area contributed by atoms with E-state index in [1.165, 1.54) is 34.9 Å². The molecule has 38 heavy (non-hydrogen) atoms. The molecule has 1 aliphatic carbocycles. The number of aliphatic hydroxyl groups is 1. The van der Waals surface area contributed by atoms with Gasteiger partial charge in [-0.15, -0.1) is 0 Å². The van der Waals surface area contributed by atoms with Gasteiger partial charge in [-0.2, -0.15) is 0 Å². The number of carbonyl (C=O) groups is 1. The number of fused-ring (bicyclic) bond motifs is 1. The van der Waals surface area contributed by atoms with E-state index in [9.17, 15) is 15.0 Å². The molecule has 4 rings (SSSR count). The molecule has 4 heteroatoms. The number of phenols is 1. The summed E-state index contributed by atoms with van der Waals surface area (Å²) in [5.41, 5.74) is 7.06. The van der Waals surface area contributed by atoms with Crippen LogP contribution in [-0.2, 0) is 16.2 Å². The first-order valence-electron chi connectivity index (χ1n) is 13.2. The Hall–Kier alpha value is -3.55. The summed E-state index contributed by atoms with van der Waals surface area (Å²) < 4.78 is 0. The Balaban J connectivity index is 1.84. The minimum Gasteiger partial charge on any atom is -0.507 e. The lowest BCUT2D eigenvalue weighted by molar-refractivity contribution is 0.0693. The Labute approximate surface area is 226 Å². The van der Waals surface area contributed by atoms with Crippen LogP contribution in [0.3, 0.4) is 0 Å². The van der Waals surface area contributed by atoms with E-state index in [1.807, 2.05) is 0 Å². The van der Waals surface area contributed by atoms with Gasteiger partial charge in [-0.3, -0.25) is 0 Å². The number of aromatic carboxylic acids is 1. The topological polar surface area (TPSA) is 77.8 Å². The zero-order chi connectivity index (χ0) is 28.0. The van der Waals surface area contributed by atoms with Crippen LogP contribution in [0.15, 0.2) is 54.6 Å². The molecular formula is C34H38O4. The van der Waals surface area contributed by atoms with Crippen molar-refractivity contribution in [3.05, 3.63) is 88.0 Å². The normalized spacial score (nSPS) is 16.6. The van der Waals surface area contributed by atoms with Gasteiger partial charge in [-0.05, 0) is 86.7 Å². The summed E-state index contributed by atoms with van der Waals surface area (Å²) in [6, 6.07) is 17.1. The van der Waals surface area contributed by atoms with E-state index in [0.717, 1.165) is 29.5 Å². The van der Waals surface area contributed by atoms with Gasteiger partial charge in [-0.25, -0.2) is 4.79 Å². The summed E-state index contributed by atoms with van der Waals surface area (Å²) in [4.78, 5) is 11.2. The number of hydrogen-bond acceptors (Lipinski definition) is 3. The van der Waals surface area contributed by atoms with Crippen LogP contribution >= 0.6 is 0 Å². The van der Waals surface area contributed by atoms with Crippen LogP contribution in [0.4, 0.5) is 0 Å². The third kappa shape index (κ3) is 5.35. The Bertz CT molecular complexity index is 1440. The number of carboxylic acids is 1. The molecule has 0 aromatic heterocycles. The molecule has 4 nitrogen and oxygen atoms in total. The van der Waals surface area contributed by atoms with Crippen LogP contribution in [0.5, 0.6) is 5.75 Å². The third-order valence-electron chi connectivity index (χ3n) is 7.90. The van der Waals surface area contributed by atoms with Crippen molar-refractivity contribution >= 4 is 5.97 Å². The Morgan fingerprint density at radius 1 is 0.921 bits per heavy atom. The molecule has 0 bridgehead atoms. The van der Waals surface area contributed by atoms with Gasteiger partial charge in [-0.1, -0.05) is 90.6 Å². The molecule has 3 aromatic rings. The zero-order valence-electron chi connectivity index (χ0n) is 23.4. The number of rotatable bonds is 3. The monoisotopic (exact) mass is 510 g/mol. The number of aromatic hydroxyl groups is 1. The summed E-state index contributed by atoms with van der Waals surface area (Å²) >= 11 is 0. The highest BCUT2D eigenvalue weighted by Crippen LogP contribution is 2.50. The van der Waals surface area contributed by atoms with Crippen LogP contribution in [0.25, 0.3) is 11.1 Å². The first kappa shape index (κ1) is 27.5. The van der Waals surface area contributed by atoms with Crippen LogP contribution in [0.1, 0.15) is 106 Å². The van der Waals surface area contributed by atoms with Crippen molar-refractivity contribution in [3.63, 3.8) is 0 Å². The molecule has 1 unspecified atom stereocenters. The molecule has 1 aliphatic rings. The third-order valence-corrected chi connectivity index (χ3v) is 7.90. The molecular weight excluding hydrogens is 472 g/mol. The number of carboxylic acid groups (broad SMARTS) is 1. The molecule has 0 saturated carbocycles. The molecule has 198 valence electrons. The molecule has 0 saturated heterocycles. The fourth-order valence-corrected chi connectivity index (χ4v) is 5.37. The lowest BCUT2D eigenvalue weighted by atomic mass is 9.61. The first-order chi connectivity index (χ1) is 17.6. The second kappa shape index (κ2) is 9.64. The fraction of sp³-hybridized carbons (Fsp3) is 0.382. The van der Waals surface area contributed by atoms with Gasteiger partial charge in [0, 0.05) is 5.56 Å². The highest BCUT2D eigenvalue weighted by atomic mass is 16.4. The van der Waals surface area contributed by atoms with Crippen molar-refractivity contribution in [2.75, 3.05) is 0 Å². The van der Waals surface area contributed by atoms with Crippen molar-refractivity contribution in [2.24, 2.45) is 0 Å². The largest absolute Gasteiger partial charge is 0.507 e. The van der Waals surface area contributed by atoms with E-state index < -0.39 is 12.1 Å². The van der Waals surface area contributed by atoms with E-state index >= 15 is 0 Å². The number of hydrogen-bond donors (Lipinski definition) is 3. The van der Waals surface area contributed by atoms with Crippen molar-refractivity contribution < 1.29 is 20.1 Å². The van der Waals surface area contributed by atoms with Crippen LogP contribution in [0, 0.1) is 11.8 Å². The van der Waals surface area contributed by atoms with Crippen molar-refractivity contribution in [3.8, 4) is 28.7 Å². The second-order valence-corrected chi connectivity index (χ2v) is 12.8. The summed E-state index contributed by atoms with van der Waals surface area (Å²) in [6.45, 7) is 15.8. The molecule has 3 aromatic carbocycles. The van der Waals surface area contributed by atoms with E-state index in [1.54, 1.807) is 0 Å². The molecule has 0 aliphatic heterocycles. The fourth-order valence-electron chi connectivity index (χ4n) is 5.37. The van der Waals surface area contributed by atoms with Gasteiger partial charge in [0.2, 0.25) is 0 Å². The van der Waals surface area contributed by atoms with Crippen molar-refractivity contribution in [1.29, 1.82) is 0 Å². The van der Waals surface area contributed by atoms with E-state index in [0.29, 0.717) is 5.56 Å². The summed E-state index contributed by atoms with van der Waals surface area (Å²) in [5, 5.41) is 30.3. The van der Waals surface area contributed by atoms with E-state index in [2.05, 4.69) is 96.7 Å². The summed E-state index contributed by atoms with van der Waals surface area (Å²) in [6.07, 6.45) is 1.09. The quantitative estimate of drug-likeness (QED) is 0.319. The smallest absolute Gasteiger partial charge is 0.339 e. The molecule has 0 radical (unpaired) electrons. The van der Waals surface area contributed by atoms with E-state index in [-0.39, 0.29) is 27.6 Å². The number of benzene rings is 3. The van der Waals surface area contributed by atoms with Crippen LogP contribution < -0.4 is 0 Å². The molecule has 0 spiro atoms. The SMILES string of the molecule is CC(C)(C)c1ccc(-c2cc(C(O)C#Cc3ccc(C(=O)O)c(O)c3)cc3c2C(C)(C)CCC3(C)C)cc1. The maximum absolute atomic E-state index is 11.2. The molecule has 0 amide bonds. The van der Waals surface area contributed by atoms with Gasteiger partial charge in [0.25, 0.3) is 0 Å². The maximum Gasteiger partial charge on any atom is 0.339 e. The van der Waals surface area contributed by atoms with Gasteiger partial charge < -0.3 is 15.3 Å². The molecule has 0 fully saturated rings. The predicted molar refractivity (Wildman–Crippen MR) is 153 cm³/mol. The highest BCUT2D eigenvalue weighted by Gasteiger charge is 2.39. The van der Waals surface area contributed by atoms with Gasteiger partial charge in [0.15, 0.2) is 0 Å². The molecule has 3 N–H and O–H groups in total. The second-order valence-electron chi connectivity index (χ2n) is 12.8. The Morgan fingerprint density at radius 2 is 1.55 bits per heavy atom. The zero-order valence-corrected chi connectivity index (χ0v) is 23.4. The minimum absolute atomic E-state index is 0.0124.